The first-order valence-corrected chi connectivity index (χ1v) is 25.5. The zero-order valence-corrected chi connectivity index (χ0v) is 40.6. The lowest BCUT2D eigenvalue weighted by Crippen LogP contribution is -2.10. The summed E-state index contributed by atoms with van der Waals surface area (Å²) in [7, 11) is 0. The lowest BCUT2D eigenvalue weighted by molar-refractivity contribution is 1.18. The van der Waals surface area contributed by atoms with Crippen LogP contribution in [0, 0.1) is 0 Å². The molecule has 0 bridgehead atoms. The van der Waals surface area contributed by atoms with Gasteiger partial charge in [0.2, 0.25) is 0 Å². The normalized spacial score (nSPS) is 11.5. The van der Waals surface area contributed by atoms with Crippen molar-refractivity contribution in [3.8, 4) is 61.3 Å². The molecular formula is C72H48N2. The molecule has 2 nitrogen and oxygen atoms in total. The van der Waals surface area contributed by atoms with E-state index < -0.39 is 0 Å². The van der Waals surface area contributed by atoms with Gasteiger partial charge in [-0.3, -0.25) is 0 Å². The van der Waals surface area contributed by atoms with Gasteiger partial charge in [-0.05, 0) is 155 Å². The van der Waals surface area contributed by atoms with Crippen molar-refractivity contribution in [2.24, 2.45) is 0 Å². The quantitative estimate of drug-likeness (QED) is 0.131. The predicted octanol–water partition coefficient (Wildman–Crippen LogP) is 20.0. The second kappa shape index (κ2) is 18.1. The minimum absolute atomic E-state index is 1.08. The molecule has 0 aliphatic carbocycles. The molecule has 0 radical (unpaired) electrons. The summed E-state index contributed by atoms with van der Waals surface area (Å²) in [6, 6.07) is 107. The Kier molecular flexibility index (Phi) is 10.6. The molecule has 0 N–H and O–H groups in total. The highest BCUT2D eigenvalue weighted by Crippen LogP contribution is 2.45. The molecule has 0 aliphatic heterocycles. The van der Waals surface area contributed by atoms with Gasteiger partial charge in [-0.1, -0.05) is 224 Å². The molecule has 0 aliphatic rings. The molecule has 14 rings (SSSR count). The molecule has 0 amide bonds. The van der Waals surface area contributed by atoms with E-state index in [9.17, 15) is 0 Å². The van der Waals surface area contributed by atoms with Gasteiger partial charge in [-0.15, -0.1) is 0 Å². The zero-order valence-electron chi connectivity index (χ0n) is 40.6. The van der Waals surface area contributed by atoms with Gasteiger partial charge in [0.25, 0.3) is 0 Å². The average Bonchev–Trinajstić information content (AvgIpc) is 3.82. The van der Waals surface area contributed by atoms with Crippen molar-refractivity contribution >= 4 is 71.2 Å². The summed E-state index contributed by atoms with van der Waals surface area (Å²) in [6.45, 7) is 0. The number of aromatic nitrogens is 1. The zero-order chi connectivity index (χ0) is 49.0. The van der Waals surface area contributed by atoms with Crippen molar-refractivity contribution in [3.63, 3.8) is 0 Å². The third-order valence-corrected chi connectivity index (χ3v) is 14.9. The fourth-order valence-corrected chi connectivity index (χ4v) is 11.4. The highest BCUT2D eigenvalue weighted by atomic mass is 15.1. The van der Waals surface area contributed by atoms with Gasteiger partial charge in [0.15, 0.2) is 0 Å². The van der Waals surface area contributed by atoms with Crippen molar-refractivity contribution in [2.75, 3.05) is 4.90 Å². The Morgan fingerprint density at radius 3 is 1.49 bits per heavy atom. The summed E-state index contributed by atoms with van der Waals surface area (Å²) in [6.07, 6.45) is 0. The van der Waals surface area contributed by atoms with Gasteiger partial charge in [0.1, 0.15) is 0 Å². The maximum atomic E-state index is 2.46. The number of anilines is 3. The van der Waals surface area contributed by atoms with Gasteiger partial charge in [0.05, 0.1) is 11.0 Å². The van der Waals surface area contributed by atoms with Crippen molar-refractivity contribution in [2.45, 2.75) is 0 Å². The summed E-state index contributed by atoms with van der Waals surface area (Å²) in [5.41, 5.74) is 18.6. The van der Waals surface area contributed by atoms with E-state index in [1.807, 2.05) is 0 Å². The largest absolute Gasteiger partial charge is 0.310 e. The van der Waals surface area contributed by atoms with Gasteiger partial charge in [-0.25, -0.2) is 0 Å². The van der Waals surface area contributed by atoms with Crippen molar-refractivity contribution in [1.82, 2.24) is 4.57 Å². The molecule has 0 unspecified atom stereocenters. The Morgan fingerprint density at radius 1 is 0.230 bits per heavy atom. The van der Waals surface area contributed by atoms with Gasteiger partial charge in [-0.2, -0.15) is 0 Å². The first kappa shape index (κ1) is 43.1. The Morgan fingerprint density at radius 2 is 0.730 bits per heavy atom. The Balaban J connectivity index is 0.938. The van der Waals surface area contributed by atoms with Crippen LogP contribution in [0.1, 0.15) is 0 Å². The van der Waals surface area contributed by atoms with E-state index in [1.165, 1.54) is 98.7 Å². The highest BCUT2D eigenvalue weighted by molar-refractivity contribution is 6.18. The summed E-state index contributed by atoms with van der Waals surface area (Å²) in [5.74, 6) is 0. The molecule has 0 fully saturated rings. The smallest absolute Gasteiger partial charge is 0.0553 e. The van der Waals surface area contributed by atoms with Crippen LogP contribution in [-0.2, 0) is 0 Å². The van der Waals surface area contributed by atoms with Gasteiger partial charge < -0.3 is 9.47 Å². The van der Waals surface area contributed by atoms with E-state index in [1.54, 1.807) is 0 Å². The fourth-order valence-electron chi connectivity index (χ4n) is 11.4. The monoisotopic (exact) mass is 940 g/mol. The summed E-state index contributed by atoms with van der Waals surface area (Å²) >= 11 is 0. The Labute approximate surface area is 430 Å². The second-order valence-corrected chi connectivity index (χ2v) is 19.3. The fraction of sp³-hybridized carbons (Fsp3) is 0. The van der Waals surface area contributed by atoms with E-state index in [4.69, 9.17) is 0 Å². The molecule has 13 aromatic carbocycles. The maximum absolute atomic E-state index is 2.46. The topological polar surface area (TPSA) is 8.17 Å². The van der Waals surface area contributed by atoms with Crippen LogP contribution in [0.15, 0.2) is 291 Å². The molecule has 0 saturated carbocycles. The van der Waals surface area contributed by atoms with Crippen LogP contribution in [0.5, 0.6) is 0 Å². The van der Waals surface area contributed by atoms with Crippen LogP contribution in [0.4, 0.5) is 17.1 Å². The van der Waals surface area contributed by atoms with Gasteiger partial charge in [0, 0.05) is 33.5 Å². The number of hydrogen-bond acceptors (Lipinski definition) is 1. The number of nitrogens with zero attached hydrogens (tertiary/aromatic N) is 2. The Hall–Kier alpha value is -9.76. The lowest BCUT2D eigenvalue weighted by Gasteiger charge is -2.27. The van der Waals surface area contributed by atoms with Crippen molar-refractivity contribution in [3.05, 3.63) is 291 Å². The van der Waals surface area contributed by atoms with Crippen LogP contribution in [0.25, 0.3) is 115 Å². The highest BCUT2D eigenvalue weighted by Gasteiger charge is 2.21. The summed E-state index contributed by atoms with van der Waals surface area (Å²) in [5, 5.41) is 9.90. The molecule has 346 valence electrons. The van der Waals surface area contributed by atoms with Crippen molar-refractivity contribution in [1.29, 1.82) is 0 Å². The number of fused-ring (bicyclic) bond motifs is 7. The minimum atomic E-state index is 1.08. The SMILES string of the molecule is c1ccc(-c2ccc3c4c(-c5cccc(N(c6ccc(-c7ccc(-c8cccc9ccccc89)cc7)cc6)c6ccc7c(ccc8ccccc87)c6)c5)cc(-c5ccccc5)cc4n(-c4ccccc4)c3c2)cc1. The second-order valence-electron chi connectivity index (χ2n) is 19.3. The van der Waals surface area contributed by atoms with Crippen LogP contribution >= 0.6 is 0 Å². The molecule has 0 spiro atoms. The minimum Gasteiger partial charge on any atom is -0.310 e. The third-order valence-electron chi connectivity index (χ3n) is 14.9. The molecule has 1 heterocycles. The van der Waals surface area contributed by atoms with E-state index in [2.05, 4.69) is 301 Å². The summed E-state index contributed by atoms with van der Waals surface area (Å²) in [4.78, 5) is 2.42. The first-order chi connectivity index (χ1) is 36.7. The van der Waals surface area contributed by atoms with Crippen LogP contribution in [-0.4, -0.2) is 4.57 Å². The summed E-state index contributed by atoms with van der Waals surface area (Å²) < 4.78 is 2.46. The first-order valence-electron chi connectivity index (χ1n) is 25.5. The standard InChI is InChI=1S/C72H48N2/c1-4-16-49(17-5-1)56-38-42-68-70(47-56)74(60-24-8-3-9-25-60)71-48-59(50-18-6-2-7-19-50)46-69(72(68)71)57-23-14-26-62(44-57)73(63-41-43-67-58(45-63)35-34-54-21-11-13-28-65(54)67)61-39-36-52(37-40-61)51-30-32-55(33-31-51)66-29-15-22-53-20-10-12-27-64(53)66/h1-48H. The molecule has 0 atom stereocenters. The number of rotatable bonds is 9. The van der Waals surface area contributed by atoms with Crippen LogP contribution < -0.4 is 4.90 Å². The van der Waals surface area contributed by atoms with E-state index >= 15 is 0 Å². The lowest BCUT2D eigenvalue weighted by atomic mass is 9.93. The van der Waals surface area contributed by atoms with Crippen molar-refractivity contribution < 1.29 is 0 Å². The molecule has 74 heavy (non-hydrogen) atoms. The Bertz CT molecular complexity index is 4380. The molecule has 0 saturated heterocycles. The van der Waals surface area contributed by atoms with Crippen LogP contribution in [0.2, 0.25) is 0 Å². The van der Waals surface area contributed by atoms with E-state index in [0.717, 1.165) is 33.8 Å². The van der Waals surface area contributed by atoms with E-state index in [0.29, 0.717) is 0 Å². The molecule has 14 aromatic rings. The molecular weight excluding hydrogens is 893 g/mol. The molecule has 1 aromatic heterocycles. The maximum Gasteiger partial charge on any atom is 0.0553 e. The average molecular weight is 941 g/mol. The van der Waals surface area contributed by atoms with Gasteiger partial charge >= 0.3 is 0 Å². The van der Waals surface area contributed by atoms with Crippen LogP contribution in [0.3, 0.4) is 0 Å². The number of para-hydroxylation sites is 1. The predicted molar refractivity (Wildman–Crippen MR) is 315 cm³/mol. The number of hydrogen-bond donors (Lipinski definition) is 0. The third kappa shape index (κ3) is 7.60. The molecule has 2 heteroatoms. The van der Waals surface area contributed by atoms with E-state index in [-0.39, 0.29) is 0 Å². The number of benzene rings is 13.